The minimum atomic E-state index is -0.565. The molecule has 1 aliphatic heterocycles. The Morgan fingerprint density at radius 1 is 1.41 bits per heavy atom. The molecule has 32 heavy (non-hydrogen) atoms. The van der Waals surface area contributed by atoms with E-state index in [2.05, 4.69) is 10.3 Å². The van der Waals surface area contributed by atoms with Gasteiger partial charge in [-0.05, 0) is 51.1 Å². The maximum atomic E-state index is 14.1. The topological polar surface area (TPSA) is 122 Å². The number of nitrogens with one attached hydrogen (secondary N) is 2. The molecule has 1 aromatic heterocycles. The van der Waals surface area contributed by atoms with Crippen LogP contribution < -0.4 is 21.5 Å². The van der Waals surface area contributed by atoms with E-state index in [1.807, 2.05) is 6.92 Å². The molecule has 1 atom stereocenters. The minimum Gasteiger partial charge on any atom is -0.482 e. The van der Waals surface area contributed by atoms with Crippen molar-refractivity contribution in [1.29, 1.82) is 5.41 Å². The number of halogens is 2. The number of nitrogen functional groups attached to an aromatic ring is 1. The highest BCUT2D eigenvalue weighted by Crippen LogP contribution is 2.35. The number of allylic oxidation sites excluding steroid dienone is 3. The van der Waals surface area contributed by atoms with E-state index in [1.165, 1.54) is 12.1 Å². The van der Waals surface area contributed by atoms with Gasteiger partial charge < -0.3 is 21.5 Å². The number of nitrogens with zero attached hydrogens (tertiary/aromatic N) is 2. The molecule has 6 N–H and O–H groups in total. The number of rotatable bonds is 4. The van der Waals surface area contributed by atoms with Crippen molar-refractivity contribution < 1.29 is 9.13 Å². The van der Waals surface area contributed by atoms with E-state index in [1.54, 1.807) is 38.3 Å². The molecule has 3 rings (SSSR count). The molecule has 7 nitrogen and oxygen atoms in total. The summed E-state index contributed by atoms with van der Waals surface area (Å²) >= 11 is 6.22. The molecule has 0 amide bonds. The smallest absolute Gasteiger partial charge is 0.166 e. The van der Waals surface area contributed by atoms with Crippen LogP contribution in [0.5, 0.6) is 5.75 Å². The zero-order valence-electron chi connectivity index (χ0n) is 18.2. The van der Waals surface area contributed by atoms with Gasteiger partial charge in [0.05, 0.1) is 5.69 Å². The van der Waals surface area contributed by atoms with Crippen LogP contribution in [0.3, 0.4) is 0 Å². The first-order chi connectivity index (χ1) is 15.2. The molecule has 0 radical (unpaired) electrons. The first kappa shape index (κ1) is 23.3. The number of pyridine rings is 1. The Morgan fingerprint density at radius 2 is 2.16 bits per heavy atom. The summed E-state index contributed by atoms with van der Waals surface area (Å²) < 4.78 is 20.2. The Bertz CT molecular complexity index is 1140. The quantitative estimate of drug-likeness (QED) is 0.491. The number of aliphatic imine (C=N–C) groups is 1. The third-order valence-electron chi connectivity index (χ3n) is 4.84. The maximum absolute atomic E-state index is 14.1. The Labute approximate surface area is 191 Å². The second-order valence-corrected chi connectivity index (χ2v) is 7.81. The van der Waals surface area contributed by atoms with E-state index >= 15 is 0 Å². The summed E-state index contributed by atoms with van der Waals surface area (Å²) in [4.78, 5) is 9.00. The SMILES string of the molecule is CCN/C1=C(\C(=N)Cl)CC(C=C(C)N)=Nc2ccc(F)cc2[C@@H](C)Oc2cc1cnc2N. The number of anilines is 1. The molecule has 2 heterocycles. The maximum Gasteiger partial charge on any atom is 0.166 e. The molecule has 0 spiro atoms. The average Bonchev–Trinajstić information content (AvgIpc) is 2.72. The highest BCUT2D eigenvalue weighted by molar-refractivity contribution is 6.69. The van der Waals surface area contributed by atoms with Crippen molar-refractivity contribution in [2.24, 2.45) is 10.7 Å². The molecular weight excluding hydrogens is 431 g/mol. The van der Waals surface area contributed by atoms with Gasteiger partial charge in [-0.15, -0.1) is 0 Å². The van der Waals surface area contributed by atoms with Gasteiger partial charge in [-0.1, -0.05) is 11.6 Å². The van der Waals surface area contributed by atoms with Crippen molar-refractivity contribution in [3.05, 3.63) is 64.8 Å². The van der Waals surface area contributed by atoms with Crippen LogP contribution in [0.1, 0.15) is 44.4 Å². The number of fused-ring (bicyclic) bond motifs is 3. The lowest BCUT2D eigenvalue weighted by Crippen LogP contribution is -2.18. The molecule has 9 heteroatoms. The molecule has 0 saturated carbocycles. The second kappa shape index (κ2) is 9.82. The first-order valence-electron chi connectivity index (χ1n) is 10.1. The number of hydrogen-bond donors (Lipinski definition) is 4. The fourth-order valence-corrected chi connectivity index (χ4v) is 3.61. The van der Waals surface area contributed by atoms with Crippen molar-refractivity contribution in [3.8, 4) is 5.75 Å². The largest absolute Gasteiger partial charge is 0.482 e. The second-order valence-electron chi connectivity index (χ2n) is 7.44. The summed E-state index contributed by atoms with van der Waals surface area (Å²) in [5.41, 5.74) is 15.9. The van der Waals surface area contributed by atoms with E-state index in [0.717, 1.165) is 0 Å². The molecule has 2 aromatic rings. The van der Waals surface area contributed by atoms with Gasteiger partial charge in [0.15, 0.2) is 11.6 Å². The van der Waals surface area contributed by atoms with Crippen LogP contribution in [0.2, 0.25) is 0 Å². The predicted molar refractivity (Wildman–Crippen MR) is 128 cm³/mol. The van der Waals surface area contributed by atoms with Crippen LogP contribution >= 0.6 is 11.6 Å². The number of nitrogens with two attached hydrogens (primary N) is 2. The molecule has 1 aliphatic rings. The van der Waals surface area contributed by atoms with E-state index in [-0.39, 0.29) is 17.4 Å². The number of benzene rings is 1. The van der Waals surface area contributed by atoms with Crippen molar-refractivity contribution in [1.82, 2.24) is 10.3 Å². The molecule has 168 valence electrons. The zero-order chi connectivity index (χ0) is 23.4. The van der Waals surface area contributed by atoms with Gasteiger partial charge in [0.25, 0.3) is 0 Å². The standard InChI is InChI=1S/C23H26ClFN6O/c1-4-29-21-14-8-20(23(28)30-11-14)32-13(3)17-9-15(25)5-6-19(17)31-16(7-12(2)26)10-18(21)22(24)27/h5-9,11,13,27,29H,4,10,26H2,1-3H3,(H2,28,30)/b12-7?,21-18-,27-22?,31-16?/t13-/m1/s1. The monoisotopic (exact) mass is 456 g/mol. The normalized spacial score (nSPS) is 19.1. The number of hydrogen-bond acceptors (Lipinski definition) is 7. The van der Waals surface area contributed by atoms with Crippen molar-refractivity contribution >= 4 is 39.7 Å². The molecule has 1 aromatic carbocycles. The average molecular weight is 457 g/mol. The van der Waals surface area contributed by atoms with E-state index in [4.69, 9.17) is 38.2 Å². The van der Waals surface area contributed by atoms with E-state index in [9.17, 15) is 4.39 Å². The van der Waals surface area contributed by atoms with Crippen LogP contribution in [0.4, 0.5) is 15.9 Å². The third-order valence-corrected chi connectivity index (χ3v) is 5.07. The Kier molecular flexibility index (Phi) is 7.15. The zero-order valence-corrected chi connectivity index (χ0v) is 18.9. The highest BCUT2D eigenvalue weighted by atomic mass is 35.5. The number of ether oxygens (including phenoxy) is 1. The van der Waals surface area contributed by atoms with Crippen molar-refractivity contribution in [3.63, 3.8) is 0 Å². The fraction of sp³-hybridized carbons (Fsp3) is 0.261. The first-order valence-corrected chi connectivity index (χ1v) is 10.5. The Balaban J connectivity index is 2.36. The lowest BCUT2D eigenvalue weighted by molar-refractivity contribution is 0.227. The van der Waals surface area contributed by atoms with Crippen molar-refractivity contribution in [2.75, 3.05) is 12.3 Å². The van der Waals surface area contributed by atoms with Gasteiger partial charge in [-0.25, -0.2) is 9.37 Å². The molecule has 2 bridgehead atoms. The summed E-state index contributed by atoms with van der Waals surface area (Å²) in [7, 11) is 0. The summed E-state index contributed by atoms with van der Waals surface area (Å²) in [5.74, 6) is 0.120. The Hall–Kier alpha value is -3.39. The van der Waals surface area contributed by atoms with Crippen LogP contribution in [0.25, 0.3) is 5.70 Å². The highest BCUT2D eigenvalue weighted by Gasteiger charge is 2.21. The van der Waals surface area contributed by atoms with E-state index < -0.39 is 11.9 Å². The van der Waals surface area contributed by atoms with E-state index in [0.29, 0.717) is 51.8 Å². The lowest BCUT2D eigenvalue weighted by atomic mass is 10.0. The predicted octanol–water partition coefficient (Wildman–Crippen LogP) is 4.82. The third kappa shape index (κ3) is 5.26. The van der Waals surface area contributed by atoms with Gasteiger partial charge in [0.1, 0.15) is 17.1 Å². The fourth-order valence-electron chi connectivity index (χ4n) is 3.45. The molecule has 0 aliphatic carbocycles. The van der Waals surface area contributed by atoms with Crippen LogP contribution in [0, 0.1) is 11.2 Å². The minimum absolute atomic E-state index is 0.152. The van der Waals surface area contributed by atoms with Gasteiger partial charge in [-0.3, -0.25) is 10.4 Å². The van der Waals surface area contributed by atoms with Gasteiger partial charge in [0.2, 0.25) is 0 Å². The van der Waals surface area contributed by atoms with Gasteiger partial charge in [-0.2, -0.15) is 0 Å². The van der Waals surface area contributed by atoms with Gasteiger partial charge >= 0.3 is 0 Å². The number of aromatic nitrogens is 1. The summed E-state index contributed by atoms with van der Waals surface area (Å²) in [6, 6.07) is 6.02. The Morgan fingerprint density at radius 3 is 2.81 bits per heavy atom. The van der Waals surface area contributed by atoms with Crippen LogP contribution in [-0.2, 0) is 0 Å². The van der Waals surface area contributed by atoms with Gasteiger partial charge in [0, 0.05) is 53.0 Å². The summed E-state index contributed by atoms with van der Waals surface area (Å²) in [6.45, 7) is 6.05. The van der Waals surface area contributed by atoms with Crippen LogP contribution in [0.15, 0.2) is 52.8 Å². The molecule has 0 fully saturated rings. The van der Waals surface area contributed by atoms with Crippen molar-refractivity contribution in [2.45, 2.75) is 33.3 Å². The summed E-state index contributed by atoms with van der Waals surface area (Å²) in [6.07, 6.45) is 2.95. The van der Waals surface area contributed by atoms with Crippen LogP contribution in [-0.4, -0.2) is 22.4 Å². The lowest BCUT2D eigenvalue weighted by Gasteiger charge is -2.22. The summed E-state index contributed by atoms with van der Waals surface area (Å²) in [5, 5.41) is 11.3. The molecule has 0 saturated heterocycles. The molecule has 0 unspecified atom stereocenters. The molecular formula is C23H26ClFN6O.